The predicted molar refractivity (Wildman–Crippen MR) is 81.3 cm³/mol. The van der Waals surface area contributed by atoms with Gasteiger partial charge in [-0.3, -0.25) is 0 Å². The van der Waals surface area contributed by atoms with E-state index in [1.54, 1.807) is 12.1 Å². The van der Waals surface area contributed by atoms with Gasteiger partial charge >= 0.3 is 5.97 Å². The lowest BCUT2D eigenvalue weighted by Gasteiger charge is -2.08. The van der Waals surface area contributed by atoms with Crippen LogP contribution in [0.25, 0.3) is 0 Å². The number of halogens is 1. The summed E-state index contributed by atoms with van der Waals surface area (Å²) in [7, 11) is 0. The number of benzene rings is 1. The van der Waals surface area contributed by atoms with Crippen LogP contribution in [0.2, 0.25) is 5.15 Å². The highest BCUT2D eigenvalue weighted by Crippen LogP contribution is 2.25. The molecule has 0 unspecified atom stereocenters. The summed E-state index contributed by atoms with van der Waals surface area (Å²) in [5.74, 6) is -0.572. The molecule has 0 aliphatic heterocycles. The van der Waals surface area contributed by atoms with E-state index < -0.39 is 5.97 Å². The van der Waals surface area contributed by atoms with E-state index in [0.717, 1.165) is 19.3 Å². The van der Waals surface area contributed by atoms with E-state index in [0.29, 0.717) is 5.75 Å². The molecular weight excluding hydrogens is 290 g/mol. The highest BCUT2D eigenvalue weighted by Gasteiger charge is 2.14. The second kappa shape index (κ2) is 7.09. The van der Waals surface area contributed by atoms with Crippen molar-refractivity contribution in [2.24, 2.45) is 0 Å². The molecule has 0 spiro atoms. The molecule has 0 radical (unpaired) electrons. The molecule has 1 aromatic heterocycles. The van der Waals surface area contributed by atoms with Gasteiger partial charge in [-0.15, -0.1) is 0 Å². The maximum atomic E-state index is 11.1. The molecule has 2 rings (SSSR count). The third-order valence-electron chi connectivity index (χ3n) is 3.01. The predicted octanol–water partition coefficient (Wildman–Crippen LogP) is 4.57. The number of unbranched alkanes of at least 4 members (excludes halogenated alkanes) is 1. The van der Waals surface area contributed by atoms with Gasteiger partial charge in [0.05, 0.1) is 0 Å². The van der Waals surface area contributed by atoms with Crippen molar-refractivity contribution in [3.8, 4) is 11.6 Å². The van der Waals surface area contributed by atoms with Crippen molar-refractivity contribution in [3.05, 3.63) is 52.7 Å². The number of aromatic nitrogens is 1. The zero-order valence-electron chi connectivity index (χ0n) is 11.7. The molecule has 1 aromatic carbocycles. The van der Waals surface area contributed by atoms with Crippen molar-refractivity contribution < 1.29 is 14.6 Å². The van der Waals surface area contributed by atoms with Crippen LogP contribution in [0, 0.1) is 0 Å². The topological polar surface area (TPSA) is 59.4 Å². The summed E-state index contributed by atoms with van der Waals surface area (Å²) in [5, 5.41) is 9.30. The SMILES string of the molecule is CCCCc1ccc(Oc2nc(Cl)ccc2C(=O)O)cc1. The monoisotopic (exact) mass is 305 g/mol. The first-order chi connectivity index (χ1) is 10.1. The van der Waals surface area contributed by atoms with E-state index in [1.807, 2.05) is 12.1 Å². The number of ether oxygens (including phenoxy) is 1. The maximum absolute atomic E-state index is 11.1. The largest absolute Gasteiger partial charge is 0.477 e. The van der Waals surface area contributed by atoms with Gasteiger partial charge in [-0.25, -0.2) is 9.78 Å². The van der Waals surface area contributed by atoms with Crippen molar-refractivity contribution in [2.75, 3.05) is 0 Å². The minimum absolute atomic E-state index is 0.00342. The average molecular weight is 306 g/mol. The molecule has 21 heavy (non-hydrogen) atoms. The summed E-state index contributed by atoms with van der Waals surface area (Å²) >= 11 is 5.79. The van der Waals surface area contributed by atoms with Crippen LogP contribution in [0.4, 0.5) is 0 Å². The van der Waals surface area contributed by atoms with Crippen molar-refractivity contribution in [3.63, 3.8) is 0 Å². The average Bonchev–Trinajstić information content (AvgIpc) is 2.46. The zero-order valence-corrected chi connectivity index (χ0v) is 12.4. The number of hydrogen-bond donors (Lipinski definition) is 1. The number of carboxylic acids is 1. The summed E-state index contributed by atoms with van der Waals surface area (Å²) in [5.41, 5.74) is 1.20. The molecule has 0 aliphatic carbocycles. The Labute approximate surface area is 128 Å². The first-order valence-electron chi connectivity index (χ1n) is 6.76. The first-order valence-corrected chi connectivity index (χ1v) is 7.14. The summed E-state index contributed by atoms with van der Waals surface area (Å²) in [6, 6.07) is 10.3. The summed E-state index contributed by atoms with van der Waals surface area (Å²) in [6.45, 7) is 2.15. The minimum Gasteiger partial charge on any atom is -0.477 e. The van der Waals surface area contributed by atoms with E-state index in [9.17, 15) is 4.79 Å². The van der Waals surface area contributed by atoms with Crippen molar-refractivity contribution in [1.29, 1.82) is 0 Å². The van der Waals surface area contributed by atoms with E-state index in [4.69, 9.17) is 21.4 Å². The van der Waals surface area contributed by atoms with Gasteiger partial charge in [0.1, 0.15) is 16.5 Å². The van der Waals surface area contributed by atoms with Gasteiger partial charge in [0.25, 0.3) is 0 Å². The molecule has 0 saturated carbocycles. The molecule has 4 nitrogen and oxygen atoms in total. The molecule has 0 fully saturated rings. The smallest absolute Gasteiger partial charge is 0.341 e. The lowest BCUT2D eigenvalue weighted by atomic mass is 10.1. The van der Waals surface area contributed by atoms with Crippen LogP contribution < -0.4 is 4.74 Å². The molecule has 0 atom stereocenters. The Morgan fingerprint density at radius 1 is 1.24 bits per heavy atom. The van der Waals surface area contributed by atoms with Crippen LogP contribution >= 0.6 is 11.6 Å². The molecule has 5 heteroatoms. The van der Waals surface area contributed by atoms with Crippen molar-refractivity contribution >= 4 is 17.6 Å². The molecule has 2 aromatic rings. The van der Waals surface area contributed by atoms with Crippen molar-refractivity contribution in [1.82, 2.24) is 4.98 Å². The lowest BCUT2D eigenvalue weighted by molar-refractivity contribution is 0.0693. The van der Waals surface area contributed by atoms with E-state index in [-0.39, 0.29) is 16.6 Å². The molecule has 0 bridgehead atoms. The van der Waals surface area contributed by atoms with E-state index in [1.165, 1.54) is 17.7 Å². The summed E-state index contributed by atoms with van der Waals surface area (Å²) < 4.78 is 5.53. The molecule has 0 amide bonds. The third-order valence-corrected chi connectivity index (χ3v) is 3.22. The Hall–Kier alpha value is -2.07. The highest BCUT2D eigenvalue weighted by molar-refractivity contribution is 6.29. The van der Waals surface area contributed by atoms with Gasteiger partial charge in [-0.2, -0.15) is 0 Å². The molecule has 0 aliphatic rings. The molecule has 1 N–H and O–H groups in total. The van der Waals surface area contributed by atoms with Gasteiger partial charge < -0.3 is 9.84 Å². The van der Waals surface area contributed by atoms with Crippen LogP contribution in [-0.2, 0) is 6.42 Å². The Morgan fingerprint density at radius 2 is 1.95 bits per heavy atom. The fourth-order valence-corrected chi connectivity index (χ4v) is 2.01. The van der Waals surface area contributed by atoms with Gasteiger partial charge in [0.2, 0.25) is 5.88 Å². The third kappa shape index (κ3) is 4.20. The number of carboxylic acid groups (broad SMARTS) is 1. The van der Waals surface area contributed by atoms with Crippen molar-refractivity contribution in [2.45, 2.75) is 26.2 Å². The van der Waals surface area contributed by atoms with Crippen LogP contribution in [-0.4, -0.2) is 16.1 Å². The second-order valence-electron chi connectivity index (χ2n) is 4.64. The van der Waals surface area contributed by atoms with Gasteiger partial charge in [-0.1, -0.05) is 37.1 Å². The van der Waals surface area contributed by atoms with E-state index in [2.05, 4.69) is 11.9 Å². The number of carbonyl (C=O) groups is 1. The van der Waals surface area contributed by atoms with Crippen LogP contribution in [0.15, 0.2) is 36.4 Å². The number of aryl methyl sites for hydroxylation is 1. The molecule has 0 saturated heterocycles. The molecule has 110 valence electrons. The lowest BCUT2D eigenvalue weighted by Crippen LogP contribution is -2.02. The summed E-state index contributed by atoms with van der Waals surface area (Å²) in [6.07, 6.45) is 3.30. The normalized spacial score (nSPS) is 10.4. The Bertz CT molecular complexity index is 626. The van der Waals surface area contributed by atoms with Crippen LogP contribution in [0.3, 0.4) is 0 Å². The number of aromatic carboxylic acids is 1. The minimum atomic E-state index is -1.10. The molecular formula is C16H16ClNO3. The second-order valence-corrected chi connectivity index (χ2v) is 5.03. The Balaban J connectivity index is 2.18. The fourth-order valence-electron chi connectivity index (χ4n) is 1.88. The standard InChI is InChI=1S/C16H16ClNO3/c1-2-3-4-11-5-7-12(8-6-11)21-15-13(16(19)20)9-10-14(17)18-15/h5-10H,2-4H2,1H3,(H,19,20). The number of nitrogens with zero attached hydrogens (tertiary/aromatic N) is 1. The van der Waals surface area contributed by atoms with Gasteiger partial charge in [-0.05, 0) is 42.7 Å². The quantitative estimate of drug-likeness (QED) is 0.794. The van der Waals surface area contributed by atoms with Crippen LogP contribution in [0.1, 0.15) is 35.7 Å². The first kappa shape index (κ1) is 15.3. The van der Waals surface area contributed by atoms with Gasteiger partial charge in [0.15, 0.2) is 0 Å². The number of pyridine rings is 1. The van der Waals surface area contributed by atoms with Gasteiger partial charge in [0, 0.05) is 0 Å². The Kier molecular flexibility index (Phi) is 5.17. The Morgan fingerprint density at radius 3 is 2.57 bits per heavy atom. The van der Waals surface area contributed by atoms with E-state index >= 15 is 0 Å². The maximum Gasteiger partial charge on any atom is 0.341 e. The molecule has 1 heterocycles. The number of hydrogen-bond acceptors (Lipinski definition) is 3. The zero-order chi connectivity index (χ0) is 15.2. The highest BCUT2D eigenvalue weighted by atomic mass is 35.5. The number of rotatable bonds is 6. The summed E-state index contributed by atoms with van der Waals surface area (Å²) in [4.78, 5) is 15.1. The van der Waals surface area contributed by atoms with Crippen LogP contribution in [0.5, 0.6) is 11.6 Å². The fraction of sp³-hybridized carbons (Fsp3) is 0.250.